The zero-order chi connectivity index (χ0) is 14.7. The minimum atomic E-state index is -0.240. The maximum Gasteiger partial charge on any atom is 0.123 e. The van der Waals surface area contributed by atoms with Crippen molar-refractivity contribution in [1.29, 1.82) is 0 Å². The molecular formula is C17H19F2N. The molecule has 3 heteroatoms. The van der Waals surface area contributed by atoms with E-state index in [9.17, 15) is 8.78 Å². The molecule has 0 spiro atoms. The number of benzene rings is 2. The molecule has 0 bridgehead atoms. The van der Waals surface area contributed by atoms with Gasteiger partial charge in [-0.3, -0.25) is 0 Å². The van der Waals surface area contributed by atoms with Crippen molar-refractivity contribution in [2.75, 3.05) is 7.05 Å². The summed E-state index contributed by atoms with van der Waals surface area (Å²) in [6.45, 7) is 3.82. The van der Waals surface area contributed by atoms with Crippen molar-refractivity contribution in [2.45, 2.75) is 26.3 Å². The highest BCUT2D eigenvalue weighted by atomic mass is 19.1. The molecule has 0 saturated carbocycles. The molecule has 2 aromatic carbocycles. The number of aryl methyl sites for hydroxylation is 2. The molecular weight excluding hydrogens is 256 g/mol. The second kappa shape index (κ2) is 6.14. The normalized spacial score (nSPS) is 12.4. The Labute approximate surface area is 118 Å². The molecule has 106 valence electrons. The van der Waals surface area contributed by atoms with E-state index in [1.165, 1.54) is 18.2 Å². The number of hydrogen-bond acceptors (Lipinski definition) is 1. The molecule has 1 unspecified atom stereocenters. The van der Waals surface area contributed by atoms with Crippen LogP contribution in [0.3, 0.4) is 0 Å². The van der Waals surface area contributed by atoms with Gasteiger partial charge in [0.15, 0.2) is 0 Å². The van der Waals surface area contributed by atoms with Crippen LogP contribution in [-0.2, 0) is 6.42 Å². The third-order valence-electron chi connectivity index (χ3n) is 3.55. The lowest BCUT2D eigenvalue weighted by molar-refractivity contribution is 0.570. The maximum atomic E-state index is 13.5. The summed E-state index contributed by atoms with van der Waals surface area (Å²) in [4.78, 5) is 0. The number of rotatable bonds is 4. The van der Waals surface area contributed by atoms with Crippen molar-refractivity contribution >= 4 is 0 Å². The summed E-state index contributed by atoms with van der Waals surface area (Å²) in [5, 5.41) is 3.18. The van der Waals surface area contributed by atoms with E-state index in [2.05, 4.69) is 5.32 Å². The minimum absolute atomic E-state index is 0.0371. The van der Waals surface area contributed by atoms with Gasteiger partial charge >= 0.3 is 0 Å². The summed E-state index contributed by atoms with van der Waals surface area (Å²) in [6, 6.07) is 9.73. The summed E-state index contributed by atoms with van der Waals surface area (Å²) in [5.41, 5.74) is 3.75. The molecule has 0 fully saturated rings. The highest BCUT2D eigenvalue weighted by Crippen LogP contribution is 2.22. The Bertz CT molecular complexity index is 588. The van der Waals surface area contributed by atoms with E-state index in [-0.39, 0.29) is 17.7 Å². The maximum absolute atomic E-state index is 13.5. The molecule has 1 atom stereocenters. The van der Waals surface area contributed by atoms with Gasteiger partial charge in [0.25, 0.3) is 0 Å². The predicted molar refractivity (Wildman–Crippen MR) is 77.8 cm³/mol. The summed E-state index contributed by atoms with van der Waals surface area (Å²) in [7, 11) is 1.83. The molecule has 2 rings (SSSR count). The Morgan fingerprint density at radius 2 is 1.75 bits per heavy atom. The third-order valence-corrected chi connectivity index (χ3v) is 3.55. The van der Waals surface area contributed by atoms with Crippen LogP contribution in [0.1, 0.15) is 28.3 Å². The largest absolute Gasteiger partial charge is 0.313 e. The molecule has 0 radical (unpaired) electrons. The van der Waals surface area contributed by atoms with Gasteiger partial charge in [-0.05, 0) is 73.8 Å². The zero-order valence-corrected chi connectivity index (χ0v) is 12.0. The van der Waals surface area contributed by atoms with Gasteiger partial charge < -0.3 is 5.32 Å². The van der Waals surface area contributed by atoms with Crippen molar-refractivity contribution in [3.05, 3.63) is 70.3 Å². The van der Waals surface area contributed by atoms with Crippen molar-refractivity contribution in [3.8, 4) is 0 Å². The van der Waals surface area contributed by atoms with Crippen molar-refractivity contribution in [1.82, 2.24) is 5.32 Å². The van der Waals surface area contributed by atoms with Gasteiger partial charge in [0.05, 0.1) is 0 Å². The first kappa shape index (κ1) is 14.7. The van der Waals surface area contributed by atoms with Crippen LogP contribution in [0.2, 0.25) is 0 Å². The fourth-order valence-corrected chi connectivity index (χ4v) is 2.43. The lowest BCUT2D eigenvalue weighted by Crippen LogP contribution is -2.19. The molecule has 0 aliphatic heterocycles. The first-order valence-electron chi connectivity index (χ1n) is 6.69. The van der Waals surface area contributed by atoms with Gasteiger partial charge in [0.1, 0.15) is 11.6 Å². The Balaban J connectivity index is 2.30. The lowest BCUT2D eigenvalue weighted by atomic mass is 9.95. The molecule has 20 heavy (non-hydrogen) atoms. The average Bonchev–Trinajstić information content (AvgIpc) is 2.38. The predicted octanol–water partition coefficient (Wildman–Crippen LogP) is 4.08. The fraction of sp³-hybridized carbons (Fsp3) is 0.294. The molecule has 0 aromatic heterocycles. The smallest absolute Gasteiger partial charge is 0.123 e. The highest BCUT2D eigenvalue weighted by molar-refractivity contribution is 5.31. The standard InChI is InChI=1S/C17H19F2N/c1-11-6-14(9-16(19)7-11)17(20-3)10-13-8-15(18)5-4-12(13)2/h4-9,17,20H,10H2,1-3H3. The van der Waals surface area contributed by atoms with Crippen LogP contribution < -0.4 is 5.32 Å². The first-order valence-corrected chi connectivity index (χ1v) is 6.69. The van der Waals surface area contributed by atoms with Crippen LogP contribution in [-0.4, -0.2) is 7.05 Å². The minimum Gasteiger partial charge on any atom is -0.313 e. The van der Waals surface area contributed by atoms with Crippen LogP contribution in [0, 0.1) is 25.5 Å². The zero-order valence-electron chi connectivity index (χ0n) is 12.0. The Hall–Kier alpha value is -1.74. The fourth-order valence-electron chi connectivity index (χ4n) is 2.43. The van der Waals surface area contributed by atoms with Crippen LogP contribution in [0.4, 0.5) is 8.78 Å². The molecule has 1 nitrogen and oxygen atoms in total. The van der Waals surface area contributed by atoms with Gasteiger partial charge in [-0.25, -0.2) is 8.78 Å². The van der Waals surface area contributed by atoms with E-state index in [1.54, 1.807) is 12.1 Å². The van der Waals surface area contributed by atoms with Gasteiger partial charge in [0, 0.05) is 6.04 Å². The SMILES string of the molecule is CNC(Cc1cc(F)ccc1C)c1cc(C)cc(F)c1. The van der Waals surface area contributed by atoms with E-state index in [1.807, 2.05) is 27.0 Å². The van der Waals surface area contributed by atoms with E-state index < -0.39 is 0 Å². The van der Waals surface area contributed by atoms with Gasteiger partial charge in [0.2, 0.25) is 0 Å². The van der Waals surface area contributed by atoms with Crippen LogP contribution in [0.15, 0.2) is 36.4 Å². The van der Waals surface area contributed by atoms with E-state index in [4.69, 9.17) is 0 Å². The van der Waals surface area contributed by atoms with Gasteiger partial charge in [-0.2, -0.15) is 0 Å². The highest BCUT2D eigenvalue weighted by Gasteiger charge is 2.13. The number of likely N-dealkylation sites (N-methyl/N-ethyl adjacent to an activating group) is 1. The molecule has 0 aliphatic rings. The topological polar surface area (TPSA) is 12.0 Å². The number of nitrogens with one attached hydrogen (secondary N) is 1. The monoisotopic (exact) mass is 275 g/mol. The Kier molecular flexibility index (Phi) is 4.50. The average molecular weight is 275 g/mol. The number of halogens is 2. The van der Waals surface area contributed by atoms with Crippen LogP contribution in [0.5, 0.6) is 0 Å². The quantitative estimate of drug-likeness (QED) is 0.886. The molecule has 0 saturated heterocycles. The summed E-state index contributed by atoms with van der Waals surface area (Å²) >= 11 is 0. The second-order valence-electron chi connectivity index (χ2n) is 5.18. The Morgan fingerprint density at radius 1 is 1.00 bits per heavy atom. The van der Waals surface area contributed by atoms with Gasteiger partial charge in [-0.1, -0.05) is 12.1 Å². The van der Waals surface area contributed by atoms with Crippen molar-refractivity contribution in [2.24, 2.45) is 0 Å². The summed E-state index contributed by atoms with van der Waals surface area (Å²) in [6.07, 6.45) is 0.628. The van der Waals surface area contributed by atoms with E-state index >= 15 is 0 Å². The Morgan fingerprint density at radius 3 is 2.40 bits per heavy atom. The van der Waals surface area contributed by atoms with Crippen molar-refractivity contribution < 1.29 is 8.78 Å². The summed E-state index contributed by atoms with van der Waals surface area (Å²) < 4.78 is 26.9. The third kappa shape index (κ3) is 3.42. The van der Waals surface area contributed by atoms with Crippen molar-refractivity contribution in [3.63, 3.8) is 0 Å². The molecule has 2 aromatic rings. The molecule has 1 N–H and O–H groups in total. The van der Waals surface area contributed by atoms with Crippen LogP contribution >= 0.6 is 0 Å². The van der Waals surface area contributed by atoms with E-state index in [0.717, 1.165) is 22.3 Å². The van der Waals surface area contributed by atoms with Crippen LogP contribution in [0.25, 0.3) is 0 Å². The first-order chi connectivity index (χ1) is 9.49. The van der Waals surface area contributed by atoms with E-state index in [0.29, 0.717) is 6.42 Å². The molecule has 0 aliphatic carbocycles. The van der Waals surface area contributed by atoms with Gasteiger partial charge in [-0.15, -0.1) is 0 Å². The molecule has 0 heterocycles. The lowest BCUT2D eigenvalue weighted by Gasteiger charge is -2.19. The molecule has 0 amide bonds. The second-order valence-corrected chi connectivity index (χ2v) is 5.18. The summed E-state index contributed by atoms with van der Waals surface area (Å²) in [5.74, 6) is -0.480. The number of hydrogen-bond donors (Lipinski definition) is 1.